The van der Waals surface area contributed by atoms with Crippen LogP contribution >= 0.6 is 0 Å². The number of hydrogen-bond acceptors (Lipinski definition) is 4. The van der Waals surface area contributed by atoms with E-state index in [2.05, 4.69) is 5.32 Å². The molecule has 3 N–H and O–H groups in total. The summed E-state index contributed by atoms with van der Waals surface area (Å²) >= 11 is 0. The minimum atomic E-state index is -0.553. The Kier molecular flexibility index (Phi) is 4.78. The maximum absolute atomic E-state index is 9.69. The largest absolute Gasteiger partial charge is 0.508 e. The normalized spacial score (nSPS) is 13.4. The number of nitrogens with one attached hydrogen (secondary N) is 1. The molecule has 0 amide bonds. The van der Waals surface area contributed by atoms with E-state index in [9.17, 15) is 5.11 Å². The van der Waals surface area contributed by atoms with E-state index in [1.165, 1.54) is 0 Å². The highest BCUT2D eigenvalue weighted by molar-refractivity contribution is 5.30. The molecule has 0 bridgehead atoms. The van der Waals surface area contributed by atoms with Gasteiger partial charge in [0.1, 0.15) is 24.2 Å². The van der Waals surface area contributed by atoms with E-state index < -0.39 is 6.10 Å². The van der Waals surface area contributed by atoms with Crippen molar-refractivity contribution < 1.29 is 14.9 Å². The number of aromatic hydroxyl groups is 1. The van der Waals surface area contributed by atoms with Crippen molar-refractivity contribution >= 4 is 0 Å². The molecule has 0 spiro atoms. The molecule has 0 saturated heterocycles. The molecule has 96 valence electrons. The van der Waals surface area contributed by atoms with Gasteiger partial charge in [0.15, 0.2) is 0 Å². The van der Waals surface area contributed by atoms with Crippen LogP contribution < -0.4 is 10.1 Å². The quantitative estimate of drug-likeness (QED) is 0.729. The second-order valence-electron chi connectivity index (χ2n) is 5.09. The minimum Gasteiger partial charge on any atom is -0.508 e. The summed E-state index contributed by atoms with van der Waals surface area (Å²) in [5.74, 6) is 0.838. The van der Waals surface area contributed by atoms with Crippen LogP contribution in [0.2, 0.25) is 0 Å². The third-order valence-electron chi connectivity index (χ3n) is 2.15. The molecule has 1 unspecified atom stereocenters. The number of hydrogen-bond donors (Lipinski definition) is 3. The highest BCUT2D eigenvalue weighted by Crippen LogP contribution is 2.15. The van der Waals surface area contributed by atoms with Crippen LogP contribution in [0.25, 0.3) is 0 Å². The van der Waals surface area contributed by atoms with Gasteiger partial charge >= 0.3 is 0 Å². The molecule has 0 aliphatic heterocycles. The number of benzene rings is 1. The lowest BCUT2D eigenvalue weighted by atomic mass is 10.1. The molecule has 4 nitrogen and oxygen atoms in total. The highest BCUT2D eigenvalue weighted by Gasteiger charge is 2.12. The van der Waals surface area contributed by atoms with Crippen molar-refractivity contribution in [3.63, 3.8) is 0 Å². The number of phenols is 1. The Balaban J connectivity index is 2.28. The summed E-state index contributed by atoms with van der Waals surface area (Å²) in [6, 6.07) is 6.43. The molecule has 1 rings (SSSR count). The number of phenolic OH excluding ortho intramolecular Hbond substituents is 1. The van der Waals surface area contributed by atoms with Crippen molar-refractivity contribution in [1.82, 2.24) is 5.32 Å². The van der Waals surface area contributed by atoms with Gasteiger partial charge in [0.2, 0.25) is 0 Å². The van der Waals surface area contributed by atoms with Crippen LogP contribution in [0.4, 0.5) is 0 Å². The van der Waals surface area contributed by atoms with Gasteiger partial charge in [-0.25, -0.2) is 0 Å². The summed E-state index contributed by atoms with van der Waals surface area (Å²) in [7, 11) is 0. The number of aliphatic hydroxyl groups is 1. The Labute approximate surface area is 102 Å². The first-order valence-corrected chi connectivity index (χ1v) is 5.72. The third-order valence-corrected chi connectivity index (χ3v) is 2.15. The molecule has 1 atom stereocenters. The topological polar surface area (TPSA) is 61.7 Å². The van der Waals surface area contributed by atoms with Crippen molar-refractivity contribution in [1.29, 1.82) is 0 Å². The van der Waals surface area contributed by atoms with Crippen LogP contribution in [0.1, 0.15) is 20.8 Å². The molecule has 0 aromatic heterocycles. The van der Waals surface area contributed by atoms with E-state index in [-0.39, 0.29) is 17.9 Å². The predicted molar refractivity (Wildman–Crippen MR) is 67.4 cm³/mol. The van der Waals surface area contributed by atoms with Crippen molar-refractivity contribution in [2.45, 2.75) is 32.4 Å². The first-order valence-electron chi connectivity index (χ1n) is 5.72. The summed E-state index contributed by atoms with van der Waals surface area (Å²) in [6.07, 6.45) is -0.553. The van der Waals surface area contributed by atoms with Crippen LogP contribution in [0, 0.1) is 0 Å². The highest BCUT2D eigenvalue weighted by atomic mass is 16.5. The Hall–Kier alpha value is -1.26. The van der Waals surface area contributed by atoms with E-state index in [4.69, 9.17) is 9.84 Å². The lowest BCUT2D eigenvalue weighted by molar-refractivity contribution is 0.100. The fourth-order valence-corrected chi connectivity index (χ4v) is 1.22. The van der Waals surface area contributed by atoms with Crippen LogP contribution in [0.5, 0.6) is 11.5 Å². The fourth-order valence-electron chi connectivity index (χ4n) is 1.22. The monoisotopic (exact) mass is 239 g/mol. The van der Waals surface area contributed by atoms with Crippen LogP contribution in [-0.2, 0) is 0 Å². The molecular formula is C13H21NO3. The minimum absolute atomic E-state index is 0.0144. The van der Waals surface area contributed by atoms with E-state index >= 15 is 0 Å². The summed E-state index contributed by atoms with van der Waals surface area (Å²) in [5.41, 5.74) is -0.0144. The van der Waals surface area contributed by atoms with Gasteiger partial charge in [-0.2, -0.15) is 0 Å². The molecule has 1 aromatic rings. The molecule has 0 aliphatic carbocycles. The van der Waals surface area contributed by atoms with Crippen LogP contribution in [-0.4, -0.2) is 35.0 Å². The maximum Gasteiger partial charge on any atom is 0.119 e. The first-order chi connectivity index (χ1) is 7.87. The van der Waals surface area contributed by atoms with Gasteiger partial charge in [-0.3, -0.25) is 0 Å². The van der Waals surface area contributed by atoms with Gasteiger partial charge < -0.3 is 20.3 Å². The van der Waals surface area contributed by atoms with Gasteiger partial charge in [-0.05, 0) is 45.0 Å². The van der Waals surface area contributed by atoms with Crippen molar-refractivity contribution in [2.24, 2.45) is 0 Å². The molecule has 17 heavy (non-hydrogen) atoms. The SMILES string of the molecule is CC(C)(C)NCC(O)COc1ccc(O)cc1. The molecule has 0 saturated carbocycles. The van der Waals surface area contributed by atoms with Crippen molar-refractivity contribution in [2.75, 3.05) is 13.2 Å². The number of aliphatic hydroxyl groups excluding tert-OH is 1. The van der Waals surface area contributed by atoms with Crippen molar-refractivity contribution in [3.8, 4) is 11.5 Å². The molecule has 1 aromatic carbocycles. The Morgan fingerprint density at radius 2 is 1.82 bits per heavy atom. The maximum atomic E-state index is 9.69. The zero-order valence-electron chi connectivity index (χ0n) is 10.6. The summed E-state index contributed by atoms with van der Waals surface area (Å²) in [5, 5.41) is 22.0. The molecule has 0 aliphatic rings. The standard InChI is InChI=1S/C13H21NO3/c1-13(2,3)14-8-11(16)9-17-12-6-4-10(15)5-7-12/h4-7,11,14-16H,8-9H2,1-3H3. The molecule has 4 heteroatoms. The summed E-state index contributed by atoms with van der Waals surface area (Å²) in [6.45, 7) is 6.84. The van der Waals surface area contributed by atoms with Gasteiger partial charge in [0.05, 0.1) is 0 Å². The second kappa shape index (κ2) is 5.89. The van der Waals surface area contributed by atoms with Gasteiger partial charge in [0.25, 0.3) is 0 Å². The Morgan fingerprint density at radius 3 is 2.35 bits per heavy atom. The van der Waals surface area contributed by atoms with E-state index in [0.29, 0.717) is 12.3 Å². The number of β-amino-alcohol motifs (C(OH)–C–C–N with tert-alkyl or cyclic N) is 1. The molecule has 0 radical (unpaired) electrons. The molecule has 0 heterocycles. The molecular weight excluding hydrogens is 218 g/mol. The first kappa shape index (κ1) is 13.8. The van der Waals surface area contributed by atoms with Crippen LogP contribution in [0.15, 0.2) is 24.3 Å². The predicted octanol–water partition coefficient (Wildman–Crippen LogP) is 1.52. The smallest absolute Gasteiger partial charge is 0.119 e. The summed E-state index contributed by atoms with van der Waals surface area (Å²) in [4.78, 5) is 0. The fraction of sp³-hybridized carbons (Fsp3) is 0.538. The zero-order chi connectivity index (χ0) is 12.9. The average molecular weight is 239 g/mol. The van der Waals surface area contributed by atoms with Gasteiger partial charge in [0, 0.05) is 12.1 Å². The third kappa shape index (κ3) is 6.14. The van der Waals surface area contributed by atoms with Gasteiger partial charge in [-0.1, -0.05) is 0 Å². The zero-order valence-corrected chi connectivity index (χ0v) is 10.6. The lowest BCUT2D eigenvalue weighted by Gasteiger charge is -2.22. The second-order valence-corrected chi connectivity index (χ2v) is 5.09. The average Bonchev–Trinajstić information content (AvgIpc) is 2.25. The van der Waals surface area contributed by atoms with E-state index in [1.807, 2.05) is 20.8 Å². The van der Waals surface area contributed by atoms with Crippen molar-refractivity contribution in [3.05, 3.63) is 24.3 Å². The number of rotatable bonds is 5. The van der Waals surface area contributed by atoms with Gasteiger partial charge in [-0.15, -0.1) is 0 Å². The van der Waals surface area contributed by atoms with E-state index in [0.717, 1.165) is 0 Å². The summed E-state index contributed by atoms with van der Waals surface area (Å²) < 4.78 is 5.39. The number of ether oxygens (including phenoxy) is 1. The molecule has 0 fully saturated rings. The Morgan fingerprint density at radius 1 is 1.24 bits per heavy atom. The van der Waals surface area contributed by atoms with Crippen LogP contribution in [0.3, 0.4) is 0 Å². The Bertz CT molecular complexity index is 330. The van der Waals surface area contributed by atoms with E-state index in [1.54, 1.807) is 24.3 Å². The lowest BCUT2D eigenvalue weighted by Crippen LogP contribution is -2.42.